The zero-order chi connectivity index (χ0) is 21.6. The molecule has 0 radical (unpaired) electrons. The van der Waals surface area contributed by atoms with Gasteiger partial charge in [0.15, 0.2) is 0 Å². The molecule has 0 saturated carbocycles. The minimum atomic E-state index is -0.0818. The molecule has 0 unspecified atom stereocenters. The summed E-state index contributed by atoms with van der Waals surface area (Å²) >= 11 is 7.39. The topological polar surface area (TPSA) is 49.4 Å². The van der Waals surface area contributed by atoms with Gasteiger partial charge in [-0.3, -0.25) is 9.59 Å². The van der Waals surface area contributed by atoms with Crippen LogP contribution in [-0.2, 0) is 22.4 Å². The smallest absolute Gasteiger partial charge is 0.237 e. The molecule has 158 valence electrons. The lowest BCUT2D eigenvalue weighted by molar-refractivity contribution is -0.116. The number of fused-ring (bicyclic) bond motifs is 1. The molecule has 0 bridgehead atoms. The van der Waals surface area contributed by atoms with Crippen LogP contribution in [0.25, 0.3) is 0 Å². The van der Waals surface area contributed by atoms with Gasteiger partial charge in [0, 0.05) is 27.8 Å². The summed E-state index contributed by atoms with van der Waals surface area (Å²) in [5, 5.41) is 3.56. The average Bonchev–Trinajstić information content (AvgIpc) is 2.79. The summed E-state index contributed by atoms with van der Waals surface area (Å²) in [4.78, 5) is 27.9. The number of anilines is 2. The van der Waals surface area contributed by atoms with Crippen LogP contribution in [0.15, 0.2) is 77.7 Å². The zero-order valence-electron chi connectivity index (χ0n) is 17.0. The molecule has 1 aliphatic rings. The molecule has 0 aromatic heterocycles. The highest BCUT2D eigenvalue weighted by Gasteiger charge is 2.21. The van der Waals surface area contributed by atoms with Crippen molar-refractivity contribution in [2.75, 3.05) is 22.5 Å². The fourth-order valence-corrected chi connectivity index (χ4v) is 4.54. The summed E-state index contributed by atoms with van der Waals surface area (Å²) in [6.07, 6.45) is 2.32. The Hall–Kier alpha value is -2.76. The second kappa shape index (κ2) is 10.0. The molecular weight excluding hydrogens is 428 g/mol. The van der Waals surface area contributed by atoms with Gasteiger partial charge in [-0.1, -0.05) is 41.9 Å². The molecule has 0 spiro atoms. The number of benzene rings is 3. The summed E-state index contributed by atoms with van der Waals surface area (Å²) in [7, 11) is 0. The van der Waals surface area contributed by atoms with E-state index >= 15 is 0 Å². The molecule has 0 atom stereocenters. The van der Waals surface area contributed by atoms with Crippen molar-refractivity contribution in [2.24, 2.45) is 0 Å². The van der Waals surface area contributed by atoms with Gasteiger partial charge in [-0.25, -0.2) is 0 Å². The lowest BCUT2D eigenvalue weighted by atomic mass is 10.0. The summed E-state index contributed by atoms with van der Waals surface area (Å²) < 4.78 is 0. The van der Waals surface area contributed by atoms with E-state index in [2.05, 4.69) is 11.4 Å². The van der Waals surface area contributed by atoms with Gasteiger partial charge in [0.25, 0.3) is 0 Å². The third-order valence-electron chi connectivity index (χ3n) is 5.19. The van der Waals surface area contributed by atoms with Crippen molar-refractivity contribution in [3.8, 4) is 0 Å². The Balaban J connectivity index is 1.29. The van der Waals surface area contributed by atoms with Crippen molar-refractivity contribution < 1.29 is 9.59 Å². The molecule has 0 fully saturated rings. The maximum atomic E-state index is 12.8. The number of nitrogens with zero attached hydrogens (tertiary/aromatic N) is 1. The van der Waals surface area contributed by atoms with E-state index in [1.807, 2.05) is 59.5 Å². The van der Waals surface area contributed by atoms with Crippen LogP contribution < -0.4 is 10.2 Å². The maximum absolute atomic E-state index is 12.8. The molecule has 3 aromatic rings. The highest BCUT2D eigenvalue weighted by molar-refractivity contribution is 8.00. The number of amides is 2. The maximum Gasteiger partial charge on any atom is 0.237 e. The quantitative estimate of drug-likeness (QED) is 0.498. The van der Waals surface area contributed by atoms with E-state index < -0.39 is 0 Å². The lowest BCUT2D eigenvalue weighted by Crippen LogP contribution is -2.36. The molecule has 4 nitrogen and oxygen atoms in total. The van der Waals surface area contributed by atoms with E-state index in [1.54, 1.807) is 12.1 Å². The Morgan fingerprint density at radius 2 is 1.71 bits per heavy atom. The Morgan fingerprint density at radius 1 is 0.968 bits per heavy atom. The summed E-state index contributed by atoms with van der Waals surface area (Å²) in [5.74, 6) is 0.426. The van der Waals surface area contributed by atoms with E-state index in [0.29, 0.717) is 17.2 Å². The first kappa shape index (κ1) is 21.5. The number of carbonyl (C=O) groups is 2. The van der Waals surface area contributed by atoms with Gasteiger partial charge in [0.05, 0.1) is 12.2 Å². The third-order valence-corrected chi connectivity index (χ3v) is 6.44. The van der Waals surface area contributed by atoms with E-state index in [-0.39, 0.29) is 11.8 Å². The molecule has 0 saturated heterocycles. The first-order chi connectivity index (χ1) is 15.1. The van der Waals surface area contributed by atoms with Gasteiger partial charge < -0.3 is 10.2 Å². The fourth-order valence-electron chi connectivity index (χ4n) is 3.64. The molecule has 0 aliphatic carbocycles. The molecule has 1 N–H and O–H groups in total. The van der Waals surface area contributed by atoms with Crippen molar-refractivity contribution in [3.05, 3.63) is 88.9 Å². The first-order valence-electron chi connectivity index (χ1n) is 10.2. The van der Waals surface area contributed by atoms with Gasteiger partial charge in [0.1, 0.15) is 0 Å². The van der Waals surface area contributed by atoms with E-state index in [1.165, 1.54) is 17.3 Å². The Labute approximate surface area is 191 Å². The lowest BCUT2D eigenvalue weighted by Gasteiger charge is -2.29. The number of rotatable bonds is 6. The predicted molar refractivity (Wildman–Crippen MR) is 128 cm³/mol. The minimum absolute atomic E-state index is 0.0818. The number of para-hydroxylation sites is 1. The predicted octanol–water partition coefficient (Wildman–Crippen LogP) is 5.59. The Morgan fingerprint density at radius 3 is 2.48 bits per heavy atom. The highest BCUT2D eigenvalue weighted by Crippen LogP contribution is 2.28. The molecule has 4 rings (SSSR count). The van der Waals surface area contributed by atoms with Crippen molar-refractivity contribution in [1.82, 2.24) is 0 Å². The van der Waals surface area contributed by atoms with Crippen molar-refractivity contribution >= 4 is 46.6 Å². The number of carbonyl (C=O) groups excluding carboxylic acids is 2. The van der Waals surface area contributed by atoms with E-state index in [0.717, 1.165) is 41.2 Å². The Bertz CT molecular complexity index is 1070. The number of thioether (sulfide) groups is 1. The van der Waals surface area contributed by atoms with Crippen LogP contribution in [0.4, 0.5) is 11.4 Å². The number of halogens is 1. The summed E-state index contributed by atoms with van der Waals surface area (Å²) in [6.45, 7) is 0.773. The molecular formula is C25H23ClN2O2S. The third kappa shape index (κ3) is 5.69. The monoisotopic (exact) mass is 450 g/mol. The van der Waals surface area contributed by atoms with Crippen LogP contribution in [-0.4, -0.2) is 24.1 Å². The second-order valence-corrected chi connectivity index (χ2v) is 8.93. The van der Waals surface area contributed by atoms with Crippen LogP contribution in [0.5, 0.6) is 0 Å². The molecule has 3 aromatic carbocycles. The van der Waals surface area contributed by atoms with Crippen molar-refractivity contribution in [1.29, 1.82) is 0 Å². The molecule has 1 heterocycles. The molecule has 1 aliphatic heterocycles. The zero-order valence-corrected chi connectivity index (χ0v) is 18.6. The largest absolute Gasteiger partial charge is 0.326 e. The van der Waals surface area contributed by atoms with Crippen LogP contribution >= 0.6 is 23.4 Å². The van der Waals surface area contributed by atoms with E-state index in [9.17, 15) is 9.59 Å². The normalized spacial score (nSPS) is 12.9. The number of nitrogens with one attached hydrogen (secondary N) is 1. The van der Waals surface area contributed by atoms with Gasteiger partial charge in [0.2, 0.25) is 11.8 Å². The number of aryl methyl sites for hydroxylation is 1. The molecule has 2 amide bonds. The van der Waals surface area contributed by atoms with Gasteiger partial charge in [-0.15, -0.1) is 11.8 Å². The number of hydrogen-bond acceptors (Lipinski definition) is 3. The second-order valence-electron chi connectivity index (χ2n) is 7.44. The SMILES string of the molecule is O=C(Cc1ccc(Cl)cc1)Nc1ccc(SCC(=O)N2CCCc3ccccc32)cc1. The van der Waals surface area contributed by atoms with Crippen LogP contribution in [0, 0.1) is 0 Å². The first-order valence-corrected chi connectivity index (χ1v) is 11.6. The fraction of sp³-hybridized carbons (Fsp3) is 0.200. The van der Waals surface area contributed by atoms with Gasteiger partial charge in [-0.05, 0) is 66.4 Å². The minimum Gasteiger partial charge on any atom is -0.326 e. The average molecular weight is 451 g/mol. The van der Waals surface area contributed by atoms with E-state index in [4.69, 9.17) is 11.6 Å². The highest BCUT2D eigenvalue weighted by atomic mass is 35.5. The van der Waals surface area contributed by atoms with Crippen LogP contribution in [0.2, 0.25) is 5.02 Å². The van der Waals surface area contributed by atoms with Crippen LogP contribution in [0.1, 0.15) is 17.5 Å². The molecule has 6 heteroatoms. The van der Waals surface area contributed by atoms with Crippen molar-refractivity contribution in [3.63, 3.8) is 0 Å². The summed E-state index contributed by atoms with van der Waals surface area (Å²) in [6, 6.07) is 23.0. The van der Waals surface area contributed by atoms with Gasteiger partial charge >= 0.3 is 0 Å². The van der Waals surface area contributed by atoms with Crippen molar-refractivity contribution in [2.45, 2.75) is 24.2 Å². The Kier molecular flexibility index (Phi) is 6.95. The van der Waals surface area contributed by atoms with Gasteiger partial charge in [-0.2, -0.15) is 0 Å². The number of hydrogen-bond donors (Lipinski definition) is 1. The molecule has 31 heavy (non-hydrogen) atoms. The van der Waals surface area contributed by atoms with Crippen LogP contribution in [0.3, 0.4) is 0 Å². The standard InChI is InChI=1S/C25H23ClN2O2S/c26-20-9-7-18(8-10-20)16-24(29)27-21-11-13-22(14-12-21)31-17-25(30)28-15-3-5-19-4-1-2-6-23(19)28/h1-2,4,6-14H,3,5,15-17H2,(H,27,29). The summed E-state index contributed by atoms with van der Waals surface area (Å²) in [5.41, 5.74) is 3.93.